The van der Waals surface area contributed by atoms with Crippen LogP contribution in [0.2, 0.25) is 0 Å². The minimum absolute atomic E-state index is 0.115. The molecule has 3 atom stereocenters. The van der Waals surface area contributed by atoms with Crippen molar-refractivity contribution < 1.29 is 9.84 Å². The first-order chi connectivity index (χ1) is 10.8. The molecular formula is C18H28N2O3. The molecule has 2 bridgehead atoms. The first kappa shape index (κ1) is 16.7. The Labute approximate surface area is 137 Å². The van der Waals surface area contributed by atoms with E-state index in [9.17, 15) is 9.90 Å². The molecule has 2 aliphatic rings. The number of piperidine rings is 1. The molecular weight excluding hydrogens is 292 g/mol. The summed E-state index contributed by atoms with van der Waals surface area (Å²) >= 11 is 0. The van der Waals surface area contributed by atoms with Gasteiger partial charge in [-0.15, -0.1) is 0 Å². The summed E-state index contributed by atoms with van der Waals surface area (Å²) in [6, 6.07) is 5.58. The highest BCUT2D eigenvalue weighted by Gasteiger charge is 2.34. The van der Waals surface area contributed by atoms with E-state index in [-0.39, 0.29) is 11.2 Å². The average Bonchev–Trinajstić information content (AvgIpc) is 2.46. The van der Waals surface area contributed by atoms with Crippen LogP contribution in [0, 0.1) is 5.92 Å². The fraction of sp³-hybridized carbons (Fsp3) is 0.722. The molecule has 0 saturated carbocycles. The Morgan fingerprint density at radius 2 is 2.09 bits per heavy atom. The highest BCUT2D eigenvalue weighted by Crippen LogP contribution is 2.34. The van der Waals surface area contributed by atoms with Crippen molar-refractivity contribution in [3.8, 4) is 0 Å². The Balaban J connectivity index is 1.63. The maximum atomic E-state index is 12.0. The van der Waals surface area contributed by atoms with Crippen LogP contribution in [0.25, 0.3) is 0 Å². The van der Waals surface area contributed by atoms with E-state index in [0.717, 1.165) is 31.7 Å². The van der Waals surface area contributed by atoms with Gasteiger partial charge in [0, 0.05) is 43.9 Å². The van der Waals surface area contributed by atoms with E-state index in [4.69, 9.17) is 4.74 Å². The molecule has 0 amide bonds. The normalized spacial score (nSPS) is 25.9. The van der Waals surface area contributed by atoms with Gasteiger partial charge < -0.3 is 14.4 Å². The summed E-state index contributed by atoms with van der Waals surface area (Å²) in [6.07, 6.45) is 0.681. The number of aromatic nitrogens is 1. The average molecular weight is 320 g/mol. The minimum Gasteiger partial charge on any atom is -0.389 e. The molecule has 1 N–H and O–H groups in total. The molecule has 1 aromatic heterocycles. The predicted octanol–water partition coefficient (Wildman–Crippen LogP) is 1.44. The molecule has 3 rings (SSSR count). The van der Waals surface area contributed by atoms with Crippen LogP contribution in [0.4, 0.5) is 0 Å². The number of hydrogen-bond acceptors (Lipinski definition) is 4. The van der Waals surface area contributed by atoms with Crippen LogP contribution < -0.4 is 5.56 Å². The molecule has 0 aliphatic carbocycles. The number of likely N-dealkylation sites (tertiary alicyclic amines) is 1. The zero-order valence-electron chi connectivity index (χ0n) is 14.4. The number of ether oxygens (including phenoxy) is 1. The van der Waals surface area contributed by atoms with Gasteiger partial charge in [0.2, 0.25) is 0 Å². The monoisotopic (exact) mass is 320 g/mol. The van der Waals surface area contributed by atoms with Crippen LogP contribution in [0.1, 0.15) is 38.8 Å². The van der Waals surface area contributed by atoms with E-state index < -0.39 is 6.10 Å². The molecule has 3 heterocycles. The summed E-state index contributed by atoms with van der Waals surface area (Å²) in [5, 5.41) is 10.2. The lowest BCUT2D eigenvalue weighted by atomic mass is 9.83. The number of pyridine rings is 1. The van der Waals surface area contributed by atoms with Crippen LogP contribution in [-0.4, -0.2) is 52.5 Å². The number of β-amino-alcohol motifs (C(OH)–C–C–N with tert-alkyl or cyclic N) is 1. The topological polar surface area (TPSA) is 54.7 Å². The third-order valence-electron chi connectivity index (χ3n) is 4.73. The van der Waals surface area contributed by atoms with Crippen molar-refractivity contribution >= 4 is 0 Å². The van der Waals surface area contributed by atoms with Crippen molar-refractivity contribution in [1.29, 1.82) is 0 Å². The predicted molar refractivity (Wildman–Crippen MR) is 89.7 cm³/mol. The smallest absolute Gasteiger partial charge is 0.250 e. The molecule has 2 aliphatic heterocycles. The molecule has 5 nitrogen and oxygen atoms in total. The van der Waals surface area contributed by atoms with Crippen LogP contribution in [-0.2, 0) is 11.3 Å². The lowest BCUT2D eigenvalue weighted by Gasteiger charge is -2.43. The Morgan fingerprint density at radius 3 is 2.83 bits per heavy atom. The van der Waals surface area contributed by atoms with Gasteiger partial charge in [-0.3, -0.25) is 9.69 Å². The summed E-state index contributed by atoms with van der Waals surface area (Å²) in [6.45, 7) is 9.66. The Bertz CT molecular complexity index is 605. The standard InChI is InChI=1S/C18H28N2O3/c1-18(2,3)23-12-15(21)11-19-8-13-7-14(10-19)16-5-4-6-17(22)20(16)9-13/h4-6,13-15,21H,7-12H2,1-3H3/t13-,14+,15+/m1/s1. The summed E-state index contributed by atoms with van der Waals surface area (Å²) in [5.41, 5.74) is 1.04. The highest BCUT2D eigenvalue weighted by atomic mass is 16.5. The zero-order chi connectivity index (χ0) is 16.6. The van der Waals surface area contributed by atoms with E-state index in [1.54, 1.807) is 6.07 Å². The van der Waals surface area contributed by atoms with Gasteiger partial charge in [-0.25, -0.2) is 0 Å². The lowest BCUT2D eigenvalue weighted by Crippen LogP contribution is -2.49. The minimum atomic E-state index is -0.467. The van der Waals surface area contributed by atoms with Gasteiger partial charge >= 0.3 is 0 Å². The summed E-state index contributed by atoms with van der Waals surface area (Å²) in [5.74, 6) is 0.893. The van der Waals surface area contributed by atoms with Gasteiger partial charge in [-0.05, 0) is 39.2 Å². The molecule has 1 fully saturated rings. The van der Waals surface area contributed by atoms with Crippen molar-refractivity contribution in [3.05, 3.63) is 34.2 Å². The summed E-state index contributed by atoms with van der Waals surface area (Å²) in [4.78, 5) is 14.4. The van der Waals surface area contributed by atoms with Crippen LogP contribution >= 0.6 is 0 Å². The number of aliphatic hydroxyl groups is 1. The van der Waals surface area contributed by atoms with E-state index in [1.165, 1.54) is 0 Å². The highest BCUT2D eigenvalue weighted by molar-refractivity contribution is 5.16. The number of fused-ring (bicyclic) bond motifs is 4. The molecule has 0 radical (unpaired) electrons. The van der Waals surface area contributed by atoms with Crippen molar-refractivity contribution in [2.75, 3.05) is 26.2 Å². The third-order valence-corrected chi connectivity index (χ3v) is 4.73. The van der Waals surface area contributed by atoms with Gasteiger partial charge in [-0.2, -0.15) is 0 Å². The molecule has 1 aromatic rings. The Morgan fingerprint density at radius 1 is 1.30 bits per heavy atom. The summed E-state index contributed by atoms with van der Waals surface area (Å²) < 4.78 is 7.62. The molecule has 0 unspecified atom stereocenters. The second-order valence-electron chi connectivity index (χ2n) is 7.99. The number of hydrogen-bond donors (Lipinski definition) is 1. The number of nitrogens with zero attached hydrogens (tertiary/aromatic N) is 2. The first-order valence-electron chi connectivity index (χ1n) is 8.56. The second-order valence-corrected chi connectivity index (χ2v) is 7.99. The fourth-order valence-corrected chi connectivity index (χ4v) is 3.84. The van der Waals surface area contributed by atoms with Crippen LogP contribution in [0.3, 0.4) is 0 Å². The number of rotatable bonds is 4. The SMILES string of the molecule is CC(C)(C)OC[C@@H](O)CN1C[C@H]2C[C@@H](C1)c1cccc(=O)n1C2. The third kappa shape index (κ3) is 4.03. The van der Waals surface area contributed by atoms with E-state index >= 15 is 0 Å². The fourth-order valence-electron chi connectivity index (χ4n) is 3.84. The first-order valence-corrected chi connectivity index (χ1v) is 8.56. The van der Waals surface area contributed by atoms with Crippen molar-refractivity contribution in [2.45, 2.75) is 51.4 Å². The molecule has 128 valence electrons. The largest absolute Gasteiger partial charge is 0.389 e. The van der Waals surface area contributed by atoms with E-state index in [2.05, 4.69) is 11.0 Å². The zero-order valence-corrected chi connectivity index (χ0v) is 14.4. The Hall–Kier alpha value is -1.17. The van der Waals surface area contributed by atoms with Gasteiger partial charge in [0.1, 0.15) is 0 Å². The molecule has 1 saturated heterocycles. The van der Waals surface area contributed by atoms with Gasteiger partial charge in [-0.1, -0.05) is 6.07 Å². The van der Waals surface area contributed by atoms with Gasteiger partial charge in [0.15, 0.2) is 0 Å². The maximum Gasteiger partial charge on any atom is 0.250 e. The van der Waals surface area contributed by atoms with Gasteiger partial charge in [0.05, 0.1) is 18.3 Å². The molecule has 23 heavy (non-hydrogen) atoms. The molecule has 0 aromatic carbocycles. The van der Waals surface area contributed by atoms with Gasteiger partial charge in [0.25, 0.3) is 5.56 Å². The van der Waals surface area contributed by atoms with Crippen molar-refractivity contribution in [3.63, 3.8) is 0 Å². The molecule has 0 spiro atoms. The van der Waals surface area contributed by atoms with Crippen LogP contribution in [0.15, 0.2) is 23.0 Å². The summed E-state index contributed by atoms with van der Waals surface area (Å²) in [7, 11) is 0. The molecule has 5 heteroatoms. The quantitative estimate of drug-likeness (QED) is 0.912. The van der Waals surface area contributed by atoms with Crippen molar-refractivity contribution in [2.24, 2.45) is 5.92 Å². The second kappa shape index (κ2) is 6.38. The Kier molecular flexibility index (Phi) is 4.63. The lowest BCUT2D eigenvalue weighted by molar-refractivity contribution is -0.0599. The van der Waals surface area contributed by atoms with E-state index in [1.807, 2.05) is 31.4 Å². The number of aliphatic hydroxyl groups excluding tert-OH is 1. The van der Waals surface area contributed by atoms with Crippen LogP contribution in [0.5, 0.6) is 0 Å². The van der Waals surface area contributed by atoms with Crippen molar-refractivity contribution in [1.82, 2.24) is 9.47 Å². The maximum absolute atomic E-state index is 12.0. The van der Waals surface area contributed by atoms with E-state index in [0.29, 0.717) is 25.0 Å².